The number of aromatic nitrogens is 2. The number of rotatable bonds is 7. The lowest BCUT2D eigenvalue weighted by atomic mass is 9.97. The predicted molar refractivity (Wildman–Crippen MR) is 116 cm³/mol. The van der Waals surface area contributed by atoms with Gasteiger partial charge in [0.15, 0.2) is 0 Å². The number of fused-ring (bicyclic) bond motifs is 3. The van der Waals surface area contributed by atoms with E-state index in [4.69, 9.17) is 5.11 Å². The number of hydrogen-bond acceptors (Lipinski definition) is 4. The van der Waals surface area contributed by atoms with Gasteiger partial charge in [-0.1, -0.05) is 18.6 Å². The van der Waals surface area contributed by atoms with E-state index in [2.05, 4.69) is 14.9 Å². The Hall–Kier alpha value is -3.10. The molecule has 3 amide bonds. The first-order valence-electron chi connectivity index (χ1n) is 11.1. The second-order valence-corrected chi connectivity index (χ2v) is 8.24. The first-order valence-corrected chi connectivity index (χ1v) is 11.1. The molecule has 9 nitrogen and oxygen atoms in total. The van der Waals surface area contributed by atoms with Crippen molar-refractivity contribution < 1.29 is 19.5 Å². The number of carboxylic acid groups (broad SMARTS) is 1. The van der Waals surface area contributed by atoms with Crippen LogP contribution in [0.1, 0.15) is 38.5 Å². The Morgan fingerprint density at radius 2 is 1.81 bits per heavy atom. The van der Waals surface area contributed by atoms with Crippen LogP contribution in [0.5, 0.6) is 0 Å². The minimum atomic E-state index is -0.764. The quantitative estimate of drug-likeness (QED) is 0.660. The zero-order valence-corrected chi connectivity index (χ0v) is 17.6. The van der Waals surface area contributed by atoms with Crippen LogP contribution in [0.25, 0.3) is 11.0 Å². The fraction of sp³-hybridized carbons (Fsp3) is 0.545. The smallest absolute Gasteiger partial charge is 0.324 e. The third-order valence-electron chi connectivity index (χ3n) is 6.21. The Morgan fingerprint density at radius 3 is 2.58 bits per heavy atom. The molecule has 2 N–H and O–H groups in total. The maximum Gasteiger partial charge on any atom is 0.324 e. The fourth-order valence-electron chi connectivity index (χ4n) is 4.38. The zero-order valence-electron chi connectivity index (χ0n) is 17.6. The van der Waals surface area contributed by atoms with Crippen LogP contribution in [-0.2, 0) is 16.1 Å². The standard InChI is InChI=1S/C22H29N5O4/c28-19(25-12-9-16(10-13-25)20(29)30)8-2-1-5-11-23-22(31)27-15-14-26-18-7-4-3-6-17(18)24-21(26)27/h3-4,6-7,16H,1-2,5,8-15H2,(H,23,31)(H,29,30). The highest BCUT2D eigenvalue weighted by atomic mass is 16.4. The molecular formula is C22H29N5O4. The number of urea groups is 1. The molecule has 1 fully saturated rings. The third-order valence-corrected chi connectivity index (χ3v) is 6.21. The van der Waals surface area contributed by atoms with E-state index in [1.807, 2.05) is 24.3 Å². The van der Waals surface area contributed by atoms with E-state index < -0.39 is 5.97 Å². The summed E-state index contributed by atoms with van der Waals surface area (Å²) < 4.78 is 2.07. The van der Waals surface area contributed by atoms with Crippen molar-refractivity contribution in [3.8, 4) is 0 Å². The number of hydrogen-bond donors (Lipinski definition) is 2. The fourth-order valence-corrected chi connectivity index (χ4v) is 4.38. The van der Waals surface area contributed by atoms with Crippen molar-refractivity contribution in [2.24, 2.45) is 5.92 Å². The van der Waals surface area contributed by atoms with Gasteiger partial charge in [-0.15, -0.1) is 0 Å². The molecule has 2 aliphatic rings. The summed E-state index contributed by atoms with van der Waals surface area (Å²) in [6.45, 7) is 2.99. The molecule has 3 heterocycles. The molecule has 9 heteroatoms. The van der Waals surface area contributed by atoms with Gasteiger partial charge in [0.1, 0.15) is 0 Å². The number of amides is 3. The van der Waals surface area contributed by atoms with Gasteiger partial charge in [-0.25, -0.2) is 9.78 Å². The lowest BCUT2D eigenvalue weighted by Gasteiger charge is -2.30. The van der Waals surface area contributed by atoms with Crippen molar-refractivity contribution in [2.75, 3.05) is 31.1 Å². The van der Waals surface area contributed by atoms with E-state index in [1.54, 1.807) is 9.80 Å². The number of carbonyl (C=O) groups is 3. The highest BCUT2D eigenvalue weighted by molar-refractivity contribution is 5.93. The van der Waals surface area contributed by atoms with Crippen molar-refractivity contribution in [1.82, 2.24) is 19.8 Å². The summed E-state index contributed by atoms with van der Waals surface area (Å²) in [5.41, 5.74) is 1.94. The van der Waals surface area contributed by atoms with Gasteiger partial charge in [-0.05, 0) is 37.8 Å². The van der Waals surface area contributed by atoms with Gasteiger partial charge >= 0.3 is 12.0 Å². The Balaban J connectivity index is 1.14. The second kappa shape index (κ2) is 9.36. The second-order valence-electron chi connectivity index (χ2n) is 8.24. The molecule has 0 spiro atoms. The summed E-state index contributed by atoms with van der Waals surface area (Å²) in [5.74, 6) is -0.292. The molecule has 0 radical (unpaired) electrons. The number of likely N-dealkylation sites (tertiary alicyclic amines) is 1. The van der Waals surface area contributed by atoms with Gasteiger partial charge in [-0.2, -0.15) is 0 Å². The molecular weight excluding hydrogens is 398 g/mol. The number of piperidine rings is 1. The number of carboxylic acids is 1. The van der Waals surface area contributed by atoms with Gasteiger partial charge in [0.05, 0.1) is 17.0 Å². The highest BCUT2D eigenvalue weighted by Crippen LogP contribution is 2.27. The van der Waals surface area contributed by atoms with Gasteiger partial charge in [0, 0.05) is 39.1 Å². The van der Waals surface area contributed by atoms with Crippen LogP contribution in [0.4, 0.5) is 10.7 Å². The molecule has 0 aliphatic carbocycles. The van der Waals surface area contributed by atoms with Crippen LogP contribution in [-0.4, -0.2) is 63.6 Å². The van der Waals surface area contributed by atoms with Crippen LogP contribution in [0.2, 0.25) is 0 Å². The van der Waals surface area contributed by atoms with E-state index in [-0.39, 0.29) is 17.9 Å². The average Bonchev–Trinajstić information content (AvgIpc) is 3.35. The van der Waals surface area contributed by atoms with E-state index in [0.717, 1.165) is 36.8 Å². The van der Waals surface area contributed by atoms with Crippen molar-refractivity contribution in [1.29, 1.82) is 0 Å². The third kappa shape index (κ3) is 4.65. The molecule has 0 unspecified atom stereocenters. The lowest BCUT2D eigenvalue weighted by molar-refractivity contribution is -0.145. The minimum Gasteiger partial charge on any atom is -0.481 e. The number of para-hydroxylation sites is 2. The maximum atomic E-state index is 12.6. The summed E-state index contributed by atoms with van der Waals surface area (Å²) in [4.78, 5) is 43.9. The van der Waals surface area contributed by atoms with E-state index in [9.17, 15) is 14.4 Å². The number of aliphatic carboxylic acids is 1. The molecule has 1 saturated heterocycles. The molecule has 0 saturated carbocycles. The van der Waals surface area contributed by atoms with Crippen LogP contribution in [0.15, 0.2) is 24.3 Å². The molecule has 0 bridgehead atoms. The molecule has 0 atom stereocenters. The number of imidazole rings is 1. The van der Waals surface area contributed by atoms with Crippen molar-refractivity contribution >= 4 is 34.9 Å². The highest BCUT2D eigenvalue weighted by Gasteiger charge is 2.28. The van der Waals surface area contributed by atoms with Crippen LogP contribution in [0.3, 0.4) is 0 Å². The molecule has 166 valence electrons. The Labute approximate surface area is 181 Å². The van der Waals surface area contributed by atoms with Crippen molar-refractivity contribution in [3.05, 3.63) is 24.3 Å². The van der Waals surface area contributed by atoms with E-state index in [0.29, 0.717) is 51.4 Å². The first kappa shape index (κ1) is 21.1. The Morgan fingerprint density at radius 1 is 1.03 bits per heavy atom. The largest absolute Gasteiger partial charge is 0.481 e. The molecule has 1 aromatic heterocycles. The zero-order chi connectivity index (χ0) is 21.8. The van der Waals surface area contributed by atoms with E-state index in [1.165, 1.54) is 0 Å². The Kier molecular flexibility index (Phi) is 6.39. The molecule has 31 heavy (non-hydrogen) atoms. The minimum absolute atomic E-state index is 0.101. The monoisotopic (exact) mass is 427 g/mol. The molecule has 2 aliphatic heterocycles. The first-order chi connectivity index (χ1) is 15.0. The van der Waals surface area contributed by atoms with Crippen LogP contribution >= 0.6 is 0 Å². The number of carbonyl (C=O) groups excluding carboxylic acids is 2. The summed E-state index contributed by atoms with van der Waals surface area (Å²) in [7, 11) is 0. The number of nitrogens with zero attached hydrogens (tertiary/aromatic N) is 4. The number of unbranched alkanes of at least 4 members (excludes halogenated alkanes) is 2. The average molecular weight is 428 g/mol. The lowest BCUT2D eigenvalue weighted by Crippen LogP contribution is -2.40. The van der Waals surface area contributed by atoms with Crippen LogP contribution in [0, 0.1) is 5.92 Å². The molecule has 1 aromatic carbocycles. The molecule has 2 aromatic rings. The Bertz CT molecular complexity index is 964. The number of benzene rings is 1. The van der Waals surface area contributed by atoms with Gasteiger partial charge < -0.3 is 19.9 Å². The van der Waals surface area contributed by atoms with E-state index >= 15 is 0 Å². The van der Waals surface area contributed by atoms with Crippen LogP contribution < -0.4 is 10.2 Å². The number of anilines is 1. The van der Waals surface area contributed by atoms with Gasteiger partial charge in [-0.3, -0.25) is 14.5 Å². The summed E-state index contributed by atoms with van der Waals surface area (Å²) in [6.07, 6.45) is 3.99. The molecule has 4 rings (SSSR count). The topological polar surface area (TPSA) is 108 Å². The summed E-state index contributed by atoms with van der Waals surface area (Å²) in [6, 6.07) is 7.75. The van der Waals surface area contributed by atoms with Gasteiger partial charge in [0.2, 0.25) is 11.9 Å². The summed E-state index contributed by atoms with van der Waals surface area (Å²) in [5, 5.41) is 12.0. The van der Waals surface area contributed by atoms with Gasteiger partial charge in [0.25, 0.3) is 0 Å². The normalized spacial score (nSPS) is 16.5. The summed E-state index contributed by atoms with van der Waals surface area (Å²) >= 11 is 0. The SMILES string of the molecule is O=C(O)C1CCN(C(=O)CCCCCNC(=O)N2CCn3c2nc2ccccc23)CC1. The van der Waals surface area contributed by atoms with Crippen molar-refractivity contribution in [3.63, 3.8) is 0 Å². The number of nitrogens with one attached hydrogen (secondary N) is 1. The predicted octanol–water partition coefficient (Wildman–Crippen LogP) is 2.45. The maximum absolute atomic E-state index is 12.6. The van der Waals surface area contributed by atoms with Crippen molar-refractivity contribution in [2.45, 2.75) is 45.1 Å².